The van der Waals surface area contributed by atoms with Crippen LogP contribution in [0.15, 0.2) is 54.6 Å². The second kappa shape index (κ2) is 6.35. The van der Waals surface area contributed by atoms with Crippen LogP contribution in [0.3, 0.4) is 0 Å². The van der Waals surface area contributed by atoms with E-state index >= 15 is 0 Å². The van der Waals surface area contributed by atoms with Gasteiger partial charge in [0, 0.05) is 11.1 Å². The van der Waals surface area contributed by atoms with Crippen molar-refractivity contribution >= 4 is 5.82 Å². The summed E-state index contributed by atoms with van der Waals surface area (Å²) in [6.45, 7) is 2.62. The number of nitrogens with one attached hydrogen (secondary N) is 1. The zero-order chi connectivity index (χ0) is 15.4. The van der Waals surface area contributed by atoms with Crippen molar-refractivity contribution in [1.82, 2.24) is 10.2 Å². The predicted octanol–water partition coefficient (Wildman–Crippen LogP) is 3.80. The quantitative estimate of drug-likeness (QED) is 0.752. The number of benzene rings is 2. The number of H-pyrrole nitrogens is 1. The van der Waals surface area contributed by atoms with Gasteiger partial charge in [0.25, 0.3) is 0 Å². The van der Waals surface area contributed by atoms with E-state index in [1.807, 2.05) is 42.5 Å². The molecule has 0 aliphatic carbocycles. The first-order valence-electron chi connectivity index (χ1n) is 7.37. The molecule has 0 bridgehead atoms. The first kappa shape index (κ1) is 14.2. The fourth-order valence-corrected chi connectivity index (χ4v) is 2.46. The third-order valence-corrected chi connectivity index (χ3v) is 3.62. The molecule has 112 valence electrons. The van der Waals surface area contributed by atoms with E-state index in [4.69, 9.17) is 10.5 Å². The normalized spacial score (nSPS) is 10.6. The highest BCUT2D eigenvalue weighted by molar-refractivity contribution is 5.69. The molecule has 3 rings (SSSR count). The van der Waals surface area contributed by atoms with E-state index in [-0.39, 0.29) is 0 Å². The first-order valence-corrected chi connectivity index (χ1v) is 7.37. The summed E-state index contributed by atoms with van der Waals surface area (Å²) in [5.41, 5.74) is 10.1. The smallest absolute Gasteiger partial charge is 0.149 e. The Morgan fingerprint density at radius 3 is 2.68 bits per heavy atom. The lowest BCUT2D eigenvalue weighted by atomic mass is 10.1. The molecule has 0 fully saturated rings. The summed E-state index contributed by atoms with van der Waals surface area (Å²) in [6.07, 6.45) is 0.840. The molecule has 0 aliphatic heterocycles. The van der Waals surface area contributed by atoms with E-state index in [0.29, 0.717) is 12.4 Å². The number of nitrogen functional groups attached to an aromatic ring is 1. The Balaban J connectivity index is 1.80. The number of nitrogens with two attached hydrogens (primary N) is 1. The van der Waals surface area contributed by atoms with Gasteiger partial charge >= 0.3 is 0 Å². The number of hydrogen-bond donors (Lipinski definition) is 2. The molecule has 0 radical (unpaired) electrons. The highest BCUT2D eigenvalue weighted by Gasteiger charge is 2.11. The molecule has 2 aromatic carbocycles. The standard InChI is InChI=1S/C18H19N3O/c1-2-16-17(20-21-18(16)19)14-9-6-10-15(11-14)22-12-13-7-4-3-5-8-13/h3-11H,2,12H2,1H3,(H3,19,20,21). The van der Waals surface area contributed by atoms with Crippen molar-refractivity contribution < 1.29 is 4.74 Å². The van der Waals surface area contributed by atoms with Crippen LogP contribution in [0.25, 0.3) is 11.3 Å². The summed E-state index contributed by atoms with van der Waals surface area (Å²) in [7, 11) is 0. The molecular formula is C18H19N3O. The summed E-state index contributed by atoms with van der Waals surface area (Å²) in [5, 5.41) is 7.11. The summed E-state index contributed by atoms with van der Waals surface area (Å²) in [4.78, 5) is 0. The minimum Gasteiger partial charge on any atom is -0.489 e. The molecule has 0 atom stereocenters. The molecule has 0 saturated heterocycles. The van der Waals surface area contributed by atoms with Crippen LogP contribution in [0.5, 0.6) is 5.75 Å². The largest absolute Gasteiger partial charge is 0.489 e. The van der Waals surface area contributed by atoms with Gasteiger partial charge < -0.3 is 10.5 Å². The van der Waals surface area contributed by atoms with Crippen LogP contribution >= 0.6 is 0 Å². The topological polar surface area (TPSA) is 63.9 Å². The minimum absolute atomic E-state index is 0.552. The maximum atomic E-state index is 5.89. The zero-order valence-corrected chi connectivity index (χ0v) is 12.5. The van der Waals surface area contributed by atoms with Gasteiger partial charge in [-0.3, -0.25) is 5.10 Å². The number of rotatable bonds is 5. The number of ether oxygens (including phenoxy) is 1. The van der Waals surface area contributed by atoms with Crippen LogP contribution in [0, 0.1) is 0 Å². The Bertz CT molecular complexity index is 750. The molecular weight excluding hydrogens is 274 g/mol. The lowest BCUT2D eigenvalue weighted by Crippen LogP contribution is -1.95. The van der Waals surface area contributed by atoms with Gasteiger partial charge in [0.05, 0.1) is 5.69 Å². The van der Waals surface area contributed by atoms with E-state index < -0.39 is 0 Å². The monoisotopic (exact) mass is 293 g/mol. The predicted molar refractivity (Wildman–Crippen MR) is 88.6 cm³/mol. The summed E-state index contributed by atoms with van der Waals surface area (Å²) in [6, 6.07) is 18.1. The number of aromatic amines is 1. The van der Waals surface area contributed by atoms with Crippen LogP contribution in [0.2, 0.25) is 0 Å². The van der Waals surface area contributed by atoms with E-state index in [0.717, 1.165) is 34.6 Å². The molecule has 0 saturated carbocycles. The Morgan fingerprint density at radius 2 is 1.91 bits per heavy atom. The van der Waals surface area contributed by atoms with Crippen LogP contribution < -0.4 is 10.5 Å². The molecule has 22 heavy (non-hydrogen) atoms. The number of aromatic nitrogens is 2. The molecule has 4 nitrogen and oxygen atoms in total. The van der Waals surface area contributed by atoms with Gasteiger partial charge in [0.2, 0.25) is 0 Å². The molecule has 0 unspecified atom stereocenters. The van der Waals surface area contributed by atoms with Crippen molar-refractivity contribution in [2.75, 3.05) is 5.73 Å². The van der Waals surface area contributed by atoms with Crippen LogP contribution in [0.4, 0.5) is 5.82 Å². The average Bonchev–Trinajstić information content (AvgIpc) is 2.95. The van der Waals surface area contributed by atoms with Crippen LogP contribution in [0.1, 0.15) is 18.1 Å². The fraction of sp³-hybridized carbons (Fsp3) is 0.167. The first-order chi connectivity index (χ1) is 10.8. The van der Waals surface area contributed by atoms with Gasteiger partial charge in [-0.1, -0.05) is 49.4 Å². The zero-order valence-electron chi connectivity index (χ0n) is 12.5. The van der Waals surface area contributed by atoms with E-state index in [1.165, 1.54) is 0 Å². The van der Waals surface area contributed by atoms with E-state index in [2.05, 4.69) is 29.3 Å². The molecule has 3 aromatic rings. The van der Waals surface area contributed by atoms with Crippen LogP contribution in [-0.2, 0) is 13.0 Å². The fourth-order valence-electron chi connectivity index (χ4n) is 2.46. The molecule has 0 amide bonds. The minimum atomic E-state index is 0.552. The van der Waals surface area contributed by atoms with Gasteiger partial charge in [-0.05, 0) is 24.1 Å². The Hall–Kier alpha value is -2.75. The van der Waals surface area contributed by atoms with Gasteiger partial charge in [-0.15, -0.1) is 0 Å². The second-order valence-corrected chi connectivity index (χ2v) is 5.12. The Kier molecular flexibility index (Phi) is 4.10. The van der Waals surface area contributed by atoms with Gasteiger partial charge in [-0.25, -0.2) is 0 Å². The maximum absolute atomic E-state index is 5.89. The van der Waals surface area contributed by atoms with Crippen LogP contribution in [-0.4, -0.2) is 10.2 Å². The molecule has 0 spiro atoms. The van der Waals surface area contributed by atoms with E-state index in [1.54, 1.807) is 0 Å². The molecule has 1 aromatic heterocycles. The van der Waals surface area contributed by atoms with Crippen molar-refractivity contribution in [1.29, 1.82) is 0 Å². The number of hydrogen-bond acceptors (Lipinski definition) is 3. The lowest BCUT2D eigenvalue weighted by molar-refractivity contribution is 0.306. The third kappa shape index (κ3) is 2.96. The van der Waals surface area contributed by atoms with Gasteiger partial charge in [0.1, 0.15) is 18.2 Å². The van der Waals surface area contributed by atoms with Gasteiger partial charge in [0.15, 0.2) is 0 Å². The highest BCUT2D eigenvalue weighted by Crippen LogP contribution is 2.28. The summed E-state index contributed by atoms with van der Waals surface area (Å²) < 4.78 is 5.87. The molecule has 0 aliphatic rings. The number of anilines is 1. The third-order valence-electron chi connectivity index (χ3n) is 3.62. The lowest BCUT2D eigenvalue weighted by Gasteiger charge is -2.08. The number of nitrogens with zero attached hydrogens (tertiary/aromatic N) is 1. The summed E-state index contributed by atoms with van der Waals surface area (Å²) >= 11 is 0. The van der Waals surface area contributed by atoms with Crippen molar-refractivity contribution in [3.63, 3.8) is 0 Å². The molecule has 4 heteroatoms. The average molecular weight is 293 g/mol. The van der Waals surface area contributed by atoms with Crippen molar-refractivity contribution in [3.8, 4) is 17.0 Å². The van der Waals surface area contributed by atoms with Crippen molar-refractivity contribution in [3.05, 3.63) is 65.7 Å². The summed E-state index contributed by atoms with van der Waals surface area (Å²) in [5.74, 6) is 1.39. The van der Waals surface area contributed by atoms with Crippen molar-refractivity contribution in [2.45, 2.75) is 20.0 Å². The van der Waals surface area contributed by atoms with E-state index in [9.17, 15) is 0 Å². The Labute approximate surface area is 129 Å². The highest BCUT2D eigenvalue weighted by atomic mass is 16.5. The second-order valence-electron chi connectivity index (χ2n) is 5.12. The van der Waals surface area contributed by atoms with Gasteiger partial charge in [-0.2, -0.15) is 5.10 Å². The van der Waals surface area contributed by atoms with Crippen molar-refractivity contribution in [2.24, 2.45) is 0 Å². The molecule has 3 N–H and O–H groups in total. The SMILES string of the molecule is CCc1c(N)n[nH]c1-c1cccc(OCc2ccccc2)c1. The Morgan fingerprint density at radius 1 is 1.09 bits per heavy atom. The maximum Gasteiger partial charge on any atom is 0.149 e. The molecule has 1 heterocycles.